The third-order valence-corrected chi connectivity index (χ3v) is 5.73. The summed E-state index contributed by atoms with van der Waals surface area (Å²) in [4.78, 5) is 42.3. The summed E-state index contributed by atoms with van der Waals surface area (Å²) in [5, 5.41) is 5.03. The monoisotopic (exact) mass is 449 g/mol. The Balaban J connectivity index is 1.60. The highest BCUT2D eigenvalue weighted by atomic mass is 32.1. The number of aromatic nitrogens is 2. The molecule has 0 atom stereocenters. The first-order valence-electron chi connectivity index (χ1n) is 9.59. The second-order valence-corrected chi connectivity index (χ2v) is 7.71. The summed E-state index contributed by atoms with van der Waals surface area (Å²) in [7, 11) is 2.88. The van der Waals surface area contributed by atoms with Crippen LogP contribution in [0.25, 0.3) is 21.3 Å². The Bertz CT molecular complexity index is 1360. The molecule has 0 radical (unpaired) electrons. The van der Waals surface area contributed by atoms with Gasteiger partial charge in [0.1, 0.15) is 17.1 Å². The number of benzene rings is 2. The summed E-state index contributed by atoms with van der Waals surface area (Å²) in [5.74, 6) is -0.205. The highest BCUT2D eigenvalue weighted by Gasteiger charge is 2.15. The van der Waals surface area contributed by atoms with E-state index in [-0.39, 0.29) is 12.1 Å². The average Bonchev–Trinajstić information content (AvgIpc) is 3.25. The van der Waals surface area contributed by atoms with Gasteiger partial charge >= 0.3 is 5.97 Å². The zero-order chi connectivity index (χ0) is 22.7. The normalized spacial score (nSPS) is 10.7. The van der Waals surface area contributed by atoms with Crippen molar-refractivity contribution in [1.82, 2.24) is 9.55 Å². The molecule has 8 nitrogen and oxygen atoms in total. The fraction of sp³-hybridized carbons (Fsp3) is 0.130. The van der Waals surface area contributed by atoms with Crippen LogP contribution >= 0.6 is 11.3 Å². The number of amides is 1. The molecule has 0 saturated carbocycles. The smallest absolute Gasteiger partial charge is 0.337 e. The van der Waals surface area contributed by atoms with Gasteiger partial charge in [-0.25, -0.2) is 9.78 Å². The van der Waals surface area contributed by atoms with Crippen LogP contribution < -0.4 is 15.6 Å². The molecule has 2 aromatic carbocycles. The minimum atomic E-state index is -0.504. The number of anilines is 1. The number of thiophene rings is 1. The molecule has 32 heavy (non-hydrogen) atoms. The Labute approximate surface area is 187 Å². The molecule has 0 fully saturated rings. The number of nitrogens with one attached hydrogen (secondary N) is 1. The largest absolute Gasteiger partial charge is 0.497 e. The van der Waals surface area contributed by atoms with Gasteiger partial charge in [-0.3, -0.25) is 14.2 Å². The lowest BCUT2D eigenvalue weighted by Crippen LogP contribution is -2.27. The lowest BCUT2D eigenvalue weighted by Gasteiger charge is -2.09. The Kier molecular flexibility index (Phi) is 6.00. The van der Waals surface area contributed by atoms with E-state index in [1.165, 1.54) is 35.4 Å². The van der Waals surface area contributed by atoms with Crippen molar-refractivity contribution in [3.8, 4) is 16.9 Å². The van der Waals surface area contributed by atoms with Crippen molar-refractivity contribution >= 4 is 39.1 Å². The fourth-order valence-corrected chi connectivity index (χ4v) is 4.17. The quantitative estimate of drug-likeness (QED) is 0.452. The number of fused-ring (bicyclic) bond motifs is 1. The van der Waals surface area contributed by atoms with Gasteiger partial charge in [0.05, 0.1) is 31.5 Å². The number of carbonyl (C=O) groups is 2. The van der Waals surface area contributed by atoms with Crippen molar-refractivity contribution in [1.29, 1.82) is 0 Å². The summed E-state index contributed by atoms with van der Waals surface area (Å²) in [6.07, 6.45) is 1.36. The van der Waals surface area contributed by atoms with E-state index in [9.17, 15) is 14.4 Å². The van der Waals surface area contributed by atoms with Crippen molar-refractivity contribution in [2.45, 2.75) is 6.54 Å². The predicted octanol–water partition coefficient (Wildman–Crippen LogP) is 3.56. The summed E-state index contributed by atoms with van der Waals surface area (Å²) >= 11 is 1.37. The maximum Gasteiger partial charge on any atom is 0.337 e. The maximum absolute atomic E-state index is 13.1. The average molecular weight is 449 g/mol. The van der Waals surface area contributed by atoms with Gasteiger partial charge in [0.25, 0.3) is 5.56 Å². The number of hydrogen-bond donors (Lipinski definition) is 1. The molecular formula is C23H19N3O5S. The van der Waals surface area contributed by atoms with E-state index in [1.807, 2.05) is 29.6 Å². The highest BCUT2D eigenvalue weighted by Crippen LogP contribution is 2.31. The molecule has 2 heterocycles. The number of rotatable bonds is 6. The van der Waals surface area contributed by atoms with Gasteiger partial charge in [-0.05, 0) is 35.9 Å². The Morgan fingerprint density at radius 3 is 2.62 bits per heavy atom. The number of esters is 1. The first-order chi connectivity index (χ1) is 15.5. The molecular weight excluding hydrogens is 430 g/mol. The molecule has 2 aromatic heterocycles. The molecule has 0 unspecified atom stereocenters. The van der Waals surface area contributed by atoms with Crippen molar-refractivity contribution in [2.75, 3.05) is 19.5 Å². The third-order valence-electron chi connectivity index (χ3n) is 4.84. The molecule has 0 aliphatic carbocycles. The summed E-state index contributed by atoms with van der Waals surface area (Å²) in [6.45, 7) is -0.220. The minimum absolute atomic E-state index is 0.220. The number of hydrogen-bond acceptors (Lipinski definition) is 7. The summed E-state index contributed by atoms with van der Waals surface area (Å²) in [6, 6.07) is 13.8. The van der Waals surface area contributed by atoms with Gasteiger partial charge in [0.15, 0.2) is 0 Å². The van der Waals surface area contributed by atoms with Crippen molar-refractivity contribution < 1.29 is 19.1 Å². The molecule has 162 valence electrons. The lowest BCUT2D eigenvalue weighted by atomic mass is 10.1. The fourth-order valence-electron chi connectivity index (χ4n) is 3.26. The van der Waals surface area contributed by atoms with Gasteiger partial charge in [-0.1, -0.05) is 18.2 Å². The summed E-state index contributed by atoms with van der Waals surface area (Å²) in [5.41, 5.74) is 2.05. The van der Waals surface area contributed by atoms with Gasteiger partial charge in [0.2, 0.25) is 5.91 Å². The van der Waals surface area contributed by atoms with Crippen LogP contribution in [-0.4, -0.2) is 35.6 Å². The predicted molar refractivity (Wildman–Crippen MR) is 122 cm³/mol. The standard InChI is InChI=1S/C23H19N3O5S/c1-30-17-8-6-14(7-9-17)18-12-32-21-20(18)22(28)26(13-24-21)11-19(27)25-16-5-3-4-15(10-16)23(29)31-2/h3-10,12-13H,11H2,1-2H3,(H,25,27). The molecule has 0 saturated heterocycles. The van der Waals surface area contributed by atoms with Crippen LogP contribution in [0.5, 0.6) is 5.75 Å². The van der Waals surface area contributed by atoms with Crippen LogP contribution in [0.15, 0.2) is 65.0 Å². The lowest BCUT2D eigenvalue weighted by molar-refractivity contribution is -0.116. The van der Waals surface area contributed by atoms with E-state index in [0.717, 1.165) is 16.9 Å². The first-order valence-corrected chi connectivity index (χ1v) is 10.5. The minimum Gasteiger partial charge on any atom is -0.497 e. The molecule has 1 N–H and O–H groups in total. The Hall–Kier alpha value is -3.98. The third kappa shape index (κ3) is 4.23. The molecule has 0 aliphatic rings. The van der Waals surface area contributed by atoms with Crippen LogP contribution in [0.3, 0.4) is 0 Å². The molecule has 9 heteroatoms. The first kappa shape index (κ1) is 21.3. The van der Waals surface area contributed by atoms with E-state index in [4.69, 9.17) is 9.47 Å². The zero-order valence-corrected chi connectivity index (χ0v) is 18.1. The van der Waals surface area contributed by atoms with Crippen LogP contribution in [-0.2, 0) is 16.1 Å². The Morgan fingerprint density at radius 1 is 1.12 bits per heavy atom. The second-order valence-electron chi connectivity index (χ2n) is 6.86. The zero-order valence-electron chi connectivity index (χ0n) is 17.3. The number of methoxy groups -OCH3 is 2. The molecule has 0 bridgehead atoms. The van der Waals surface area contributed by atoms with Crippen molar-refractivity contribution in [3.05, 3.63) is 76.2 Å². The number of carbonyl (C=O) groups excluding carboxylic acids is 2. The molecule has 4 rings (SSSR count). The van der Waals surface area contributed by atoms with Gasteiger partial charge in [-0.2, -0.15) is 0 Å². The topological polar surface area (TPSA) is 99.5 Å². The number of nitrogens with zero attached hydrogens (tertiary/aromatic N) is 2. The van der Waals surface area contributed by atoms with Crippen LogP contribution in [0.1, 0.15) is 10.4 Å². The highest BCUT2D eigenvalue weighted by molar-refractivity contribution is 7.17. The van der Waals surface area contributed by atoms with Gasteiger partial charge in [-0.15, -0.1) is 11.3 Å². The number of ether oxygens (including phenoxy) is 2. The van der Waals surface area contributed by atoms with Crippen LogP contribution in [0.2, 0.25) is 0 Å². The van der Waals surface area contributed by atoms with E-state index < -0.39 is 11.9 Å². The van der Waals surface area contributed by atoms with E-state index >= 15 is 0 Å². The molecule has 0 aliphatic heterocycles. The van der Waals surface area contributed by atoms with E-state index in [2.05, 4.69) is 10.3 Å². The molecule has 4 aromatic rings. The van der Waals surface area contributed by atoms with Gasteiger partial charge < -0.3 is 14.8 Å². The van der Waals surface area contributed by atoms with E-state index in [0.29, 0.717) is 21.5 Å². The Morgan fingerprint density at radius 2 is 1.91 bits per heavy atom. The van der Waals surface area contributed by atoms with Crippen molar-refractivity contribution in [3.63, 3.8) is 0 Å². The maximum atomic E-state index is 13.1. The SMILES string of the molecule is COC(=O)c1cccc(NC(=O)Cn2cnc3scc(-c4ccc(OC)cc4)c3c2=O)c1. The molecule has 1 amide bonds. The molecule has 0 spiro atoms. The van der Waals surface area contributed by atoms with Crippen LogP contribution in [0.4, 0.5) is 5.69 Å². The second kappa shape index (κ2) is 9.03. The van der Waals surface area contributed by atoms with Crippen molar-refractivity contribution in [2.24, 2.45) is 0 Å². The van der Waals surface area contributed by atoms with Gasteiger partial charge in [0, 0.05) is 16.6 Å². The summed E-state index contributed by atoms with van der Waals surface area (Å²) < 4.78 is 11.1. The van der Waals surface area contributed by atoms with Crippen LogP contribution in [0, 0.1) is 0 Å². The van der Waals surface area contributed by atoms with E-state index in [1.54, 1.807) is 25.3 Å².